The molecule has 0 bridgehead atoms. The summed E-state index contributed by atoms with van der Waals surface area (Å²) in [5, 5.41) is 10.8. The van der Waals surface area contributed by atoms with E-state index in [1.807, 2.05) is 91.0 Å². The number of rotatable bonds is 10. The molecule has 4 rings (SSSR count). The van der Waals surface area contributed by atoms with Crippen LogP contribution in [0.5, 0.6) is 0 Å². The average molecular weight is 447 g/mol. The van der Waals surface area contributed by atoms with E-state index in [0.29, 0.717) is 19.8 Å². The van der Waals surface area contributed by atoms with Crippen LogP contribution in [0.4, 0.5) is 0 Å². The number of benzene rings is 3. The minimum Gasteiger partial charge on any atom is -0.368 e. The number of hydrogen-bond donors (Lipinski definition) is 1. The van der Waals surface area contributed by atoms with Gasteiger partial charge >= 0.3 is 0 Å². The Morgan fingerprint density at radius 2 is 1.03 bits per heavy atom. The van der Waals surface area contributed by atoms with Crippen molar-refractivity contribution in [3.05, 3.63) is 120 Å². The van der Waals surface area contributed by atoms with Gasteiger partial charge in [-0.1, -0.05) is 97.1 Å². The van der Waals surface area contributed by atoms with Crippen LogP contribution in [0.2, 0.25) is 0 Å². The summed E-state index contributed by atoms with van der Waals surface area (Å²) in [7, 11) is 0. The van der Waals surface area contributed by atoms with Crippen molar-refractivity contribution in [2.75, 3.05) is 0 Å². The molecule has 0 spiro atoms. The summed E-state index contributed by atoms with van der Waals surface area (Å²) >= 11 is 0. The highest BCUT2D eigenvalue weighted by Crippen LogP contribution is 2.30. The lowest BCUT2D eigenvalue weighted by Crippen LogP contribution is -2.59. The second-order valence-electron chi connectivity index (χ2n) is 8.01. The van der Waals surface area contributed by atoms with E-state index in [9.17, 15) is 5.11 Å². The van der Waals surface area contributed by atoms with Crippen LogP contribution in [0.3, 0.4) is 0 Å². The maximum Gasteiger partial charge on any atom is 0.184 e. The molecule has 1 aliphatic rings. The van der Waals surface area contributed by atoms with Gasteiger partial charge in [0, 0.05) is 0 Å². The first-order valence-corrected chi connectivity index (χ1v) is 11.2. The maximum atomic E-state index is 10.8. The summed E-state index contributed by atoms with van der Waals surface area (Å²) in [5.74, 6) is 0. The molecule has 1 fully saturated rings. The maximum absolute atomic E-state index is 10.8. The Morgan fingerprint density at radius 3 is 1.45 bits per heavy atom. The molecule has 3 aromatic rings. The smallest absolute Gasteiger partial charge is 0.184 e. The lowest BCUT2D eigenvalue weighted by atomic mass is 9.97. The van der Waals surface area contributed by atoms with Gasteiger partial charge in [-0.25, -0.2) is 0 Å². The van der Waals surface area contributed by atoms with Crippen LogP contribution in [0.25, 0.3) is 0 Å². The van der Waals surface area contributed by atoms with Crippen molar-refractivity contribution >= 4 is 0 Å². The Kier molecular flexibility index (Phi) is 8.41. The predicted molar refractivity (Wildman–Crippen MR) is 126 cm³/mol. The Bertz CT molecular complexity index is 963. The first kappa shape index (κ1) is 23.4. The van der Waals surface area contributed by atoms with Gasteiger partial charge in [0.1, 0.15) is 24.4 Å². The Morgan fingerprint density at radius 1 is 0.636 bits per heavy atom. The van der Waals surface area contributed by atoms with E-state index in [2.05, 4.69) is 6.58 Å². The highest BCUT2D eigenvalue weighted by molar-refractivity contribution is 5.16. The molecule has 0 aromatic heterocycles. The zero-order chi connectivity index (χ0) is 22.9. The molecule has 3 aromatic carbocycles. The van der Waals surface area contributed by atoms with Crippen LogP contribution in [0.1, 0.15) is 16.7 Å². The highest BCUT2D eigenvalue weighted by Gasteiger charge is 2.46. The van der Waals surface area contributed by atoms with Crippen LogP contribution in [-0.2, 0) is 38.8 Å². The van der Waals surface area contributed by atoms with Crippen LogP contribution in [0, 0.1) is 0 Å². The lowest BCUT2D eigenvalue weighted by Gasteiger charge is -2.43. The summed E-state index contributed by atoms with van der Waals surface area (Å²) in [6.07, 6.45) is -1.87. The fraction of sp³-hybridized carbons (Fsp3) is 0.286. The molecule has 5 atom stereocenters. The summed E-state index contributed by atoms with van der Waals surface area (Å²) < 4.78 is 24.6. The molecule has 0 amide bonds. The molecule has 1 N–H and O–H groups in total. The second kappa shape index (κ2) is 11.9. The SMILES string of the molecule is C=C[C@@H]1OC(O)[C@H](OCc2ccccc2)[C@@H](OCc2ccccc2)[C@H]1OCc1ccccc1. The van der Waals surface area contributed by atoms with E-state index in [0.717, 1.165) is 16.7 Å². The van der Waals surface area contributed by atoms with Crippen LogP contribution >= 0.6 is 0 Å². The van der Waals surface area contributed by atoms with Gasteiger partial charge in [0.05, 0.1) is 19.8 Å². The van der Waals surface area contributed by atoms with Gasteiger partial charge in [-0.15, -0.1) is 6.58 Å². The first-order chi connectivity index (χ1) is 16.2. The van der Waals surface area contributed by atoms with Crippen molar-refractivity contribution in [1.82, 2.24) is 0 Å². The monoisotopic (exact) mass is 446 g/mol. The van der Waals surface area contributed by atoms with E-state index in [-0.39, 0.29) is 0 Å². The molecule has 33 heavy (non-hydrogen) atoms. The Balaban J connectivity index is 1.54. The minimum atomic E-state index is -1.17. The number of aliphatic hydroxyl groups is 1. The van der Waals surface area contributed by atoms with Crippen molar-refractivity contribution in [3.8, 4) is 0 Å². The fourth-order valence-electron chi connectivity index (χ4n) is 3.90. The van der Waals surface area contributed by atoms with Gasteiger partial charge < -0.3 is 24.1 Å². The van der Waals surface area contributed by atoms with E-state index in [1.165, 1.54) is 0 Å². The molecule has 1 heterocycles. The highest BCUT2D eigenvalue weighted by atomic mass is 16.7. The summed E-state index contributed by atoms with van der Waals surface area (Å²) in [5.41, 5.74) is 3.06. The van der Waals surface area contributed by atoms with Crippen molar-refractivity contribution < 1.29 is 24.1 Å². The number of ether oxygens (including phenoxy) is 4. The molecular weight excluding hydrogens is 416 g/mol. The van der Waals surface area contributed by atoms with Crippen LogP contribution in [0.15, 0.2) is 104 Å². The molecule has 1 aliphatic heterocycles. The quantitative estimate of drug-likeness (QED) is 0.460. The van der Waals surface area contributed by atoms with E-state index < -0.39 is 30.7 Å². The number of hydrogen-bond acceptors (Lipinski definition) is 5. The molecular formula is C28H30O5. The normalized spacial score (nSPS) is 24.9. The molecule has 5 nitrogen and oxygen atoms in total. The van der Waals surface area contributed by atoms with Gasteiger partial charge in [0.2, 0.25) is 0 Å². The Labute approximate surface area is 195 Å². The van der Waals surface area contributed by atoms with E-state index in [1.54, 1.807) is 6.08 Å². The van der Waals surface area contributed by atoms with Crippen LogP contribution in [-0.4, -0.2) is 35.8 Å². The van der Waals surface area contributed by atoms with Crippen molar-refractivity contribution in [3.63, 3.8) is 0 Å². The molecule has 0 saturated carbocycles. The van der Waals surface area contributed by atoms with Gasteiger partial charge in [-0.3, -0.25) is 0 Å². The molecule has 5 heteroatoms. The first-order valence-electron chi connectivity index (χ1n) is 11.2. The summed E-state index contributed by atoms with van der Waals surface area (Å²) in [6.45, 7) is 4.94. The summed E-state index contributed by atoms with van der Waals surface area (Å²) in [6, 6.07) is 29.6. The standard InChI is InChI=1S/C28H30O5/c1-2-24-25(30-18-21-12-6-3-7-13-21)26(31-19-22-14-8-4-9-15-22)27(28(29)33-24)32-20-23-16-10-5-11-17-23/h2-17,24-29H,1,18-20H2/t24-,25-,26-,27+,28?/m0/s1. The van der Waals surface area contributed by atoms with E-state index >= 15 is 0 Å². The van der Waals surface area contributed by atoms with Crippen molar-refractivity contribution in [2.24, 2.45) is 0 Å². The zero-order valence-electron chi connectivity index (χ0n) is 18.5. The molecule has 1 unspecified atom stereocenters. The number of aliphatic hydroxyl groups excluding tert-OH is 1. The molecule has 0 aliphatic carbocycles. The summed E-state index contributed by atoms with van der Waals surface area (Å²) in [4.78, 5) is 0. The van der Waals surface area contributed by atoms with Gasteiger partial charge in [0.15, 0.2) is 6.29 Å². The van der Waals surface area contributed by atoms with Gasteiger partial charge in [-0.05, 0) is 16.7 Å². The minimum absolute atomic E-state index is 0.321. The zero-order valence-corrected chi connectivity index (χ0v) is 18.5. The average Bonchev–Trinajstić information content (AvgIpc) is 2.87. The third-order valence-electron chi connectivity index (χ3n) is 5.64. The van der Waals surface area contributed by atoms with Gasteiger partial charge in [-0.2, -0.15) is 0 Å². The van der Waals surface area contributed by atoms with Crippen LogP contribution < -0.4 is 0 Å². The largest absolute Gasteiger partial charge is 0.368 e. The van der Waals surface area contributed by atoms with Gasteiger partial charge in [0.25, 0.3) is 0 Å². The third-order valence-corrected chi connectivity index (χ3v) is 5.64. The molecule has 1 saturated heterocycles. The third kappa shape index (κ3) is 6.38. The second-order valence-corrected chi connectivity index (χ2v) is 8.01. The molecule has 0 radical (unpaired) electrons. The lowest BCUT2D eigenvalue weighted by molar-refractivity contribution is -0.302. The van der Waals surface area contributed by atoms with Crippen molar-refractivity contribution in [2.45, 2.75) is 50.5 Å². The van der Waals surface area contributed by atoms with Crippen molar-refractivity contribution in [1.29, 1.82) is 0 Å². The topological polar surface area (TPSA) is 57.2 Å². The fourth-order valence-corrected chi connectivity index (χ4v) is 3.90. The predicted octanol–water partition coefficient (Wildman–Crippen LogP) is 4.65. The molecule has 172 valence electrons. The van der Waals surface area contributed by atoms with E-state index in [4.69, 9.17) is 18.9 Å². The Hall–Kier alpha value is -2.80.